The van der Waals surface area contributed by atoms with E-state index < -0.39 is 17.6 Å². The van der Waals surface area contributed by atoms with Crippen molar-refractivity contribution >= 4 is 34.7 Å². The topological polar surface area (TPSA) is 41.5 Å². The van der Waals surface area contributed by atoms with Gasteiger partial charge in [0.05, 0.1) is 18.2 Å². The average Bonchev–Trinajstić information content (AvgIpc) is 2.49. The van der Waals surface area contributed by atoms with Crippen LogP contribution in [-0.2, 0) is 17.4 Å². The van der Waals surface area contributed by atoms with Gasteiger partial charge in [-0.05, 0) is 51.9 Å². The number of nitrogens with zero attached hydrogens (tertiary/aromatic N) is 1. The maximum atomic E-state index is 12.6. The summed E-state index contributed by atoms with van der Waals surface area (Å²) in [5.74, 6) is -0.480. The van der Waals surface area contributed by atoms with Crippen molar-refractivity contribution in [3.05, 3.63) is 68.8 Å². The van der Waals surface area contributed by atoms with Crippen molar-refractivity contribution in [2.75, 3.05) is 0 Å². The van der Waals surface area contributed by atoms with Crippen LogP contribution in [-0.4, -0.2) is 12.1 Å². The molecule has 2 aromatic carbocycles. The minimum Gasteiger partial charge on any atom is -0.273 e. The third-order valence-corrected chi connectivity index (χ3v) is 3.61. The molecule has 0 saturated carbocycles. The second-order valence-electron chi connectivity index (χ2n) is 4.72. The second kappa shape index (κ2) is 7.58. The minimum absolute atomic E-state index is 0.173. The molecule has 1 N–H and O–H groups in total. The summed E-state index contributed by atoms with van der Waals surface area (Å²) in [6.45, 7) is 0. The third-order valence-electron chi connectivity index (χ3n) is 2.89. The number of halogens is 4. The highest BCUT2D eigenvalue weighted by Gasteiger charge is 2.30. The molecule has 0 bridgehead atoms. The number of hydrogen-bond donors (Lipinski definition) is 1. The van der Waals surface area contributed by atoms with Gasteiger partial charge in [-0.25, -0.2) is 5.43 Å². The molecule has 3 nitrogen and oxygen atoms in total. The fraction of sp³-hybridized carbons (Fsp3) is 0.125. The van der Waals surface area contributed by atoms with Crippen LogP contribution in [0.5, 0.6) is 0 Å². The number of benzene rings is 2. The Hall–Kier alpha value is -1.90. The van der Waals surface area contributed by atoms with E-state index in [2.05, 4.69) is 33.1 Å². The molecule has 23 heavy (non-hydrogen) atoms. The van der Waals surface area contributed by atoms with Crippen molar-refractivity contribution in [1.29, 1.82) is 0 Å². The van der Waals surface area contributed by atoms with Crippen molar-refractivity contribution in [3.63, 3.8) is 0 Å². The van der Waals surface area contributed by atoms with Crippen LogP contribution in [0, 0.1) is 3.57 Å². The second-order valence-corrected chi connectivity index (χ2v) is 5.97. The van der Waals surface area contributed by atoms with Crippen molar-refractivity contribution in [2.24, 2.45) is 5.10 Å². The Bertz CT molecular complexity index is 712. The van der Waals surface area contributed by atoms with E-state index in [0.717, 1.165) is 21.3 Å². The summed E-state index contributed by atoms with van der Waals surface area (Å²) >= 11 is 2.17. The Balaban J connectivity index is 1.93. The van der Waals surface area contributed by atoms with Gasteiger partial charge in [-0.1, -0.05) is 30.3 Å². The van der Waals surface area contributed by atoms with Gasteiger partial charge in [0, 0.05) is 3.57 Å². The van der Waals surface area contributed by atoms with Gasteiger partial charge in [-0.3, -0.25) is 4.79 Å². The monoisotopic (exact) mass is 432 g/mol. The highest BCUT2D eigenvalue weighted by atomic mass is 127. The molecule has 0 aliphatic rings. The lowest BCUT2D eigenvalue weighted by atomic mass is 10.1. The van der Waals surface area contributed by atoms with Crippen LogP contribution in [0.15, 0.2) is 53.6 Å². The summed E-state index contributed by atoms with van der Waals surface area (Å²) in [7, 11) is 0. The van der Waals surface area contributed by atoms with Crippen LogP contribution in [0.3, 0.4) is 0 Å². The molecule has 2 aromatic rings. The first-order valence-corrected chi connectivity index (χ1v) is 7.66. The van der Waals surface area contributed by atoms with E-state index in [9.17, 15) is 18.0 Å². The Kier molecular flexibility index (Phi) is 5.75. The van der Waals surface area contributed by atoms with E-state index in [-0.39, 0.29) is 12.0 Å². The zero-order valence-corrected chi connectivity index (χ0v) is 13.9. The zero-order chi connectivity index (χ0) is 16.9. The molecule has 0 heterocycles. The van der Waals surface area contributed by atoms with Crippen LogP contribution < -0.4 is 5.43 Å². The molecule has 2 rings (SSSR count). The molecule has 120 valence electrons. The lowest BCUT2D eigenvalue weighted by molar-refractivity contribution is -0.137. The molecule has 0 atom stereocenters. The van der Waals surface area contributed by atoms with Gasteiger partial charge in [0.1, 0.15) is 0 Å². The first-order chi connectivity index (χ1) is 10.8. The van der Waals surface area contributed by atoms with Gasteiger partial charge < -0.3 is 0 Å². The summed E-state index contributed by atoms with van der Waals surface area (Å²) in [6.07, 6.45) is -3.12. The SMILES string of the molecule is O=C(Cc1cccc(C(F)(F)F)c1)NN=Cc1ccc(I)cc1. The molecule has 0 fully saturated rings. The molecule has 7 heteroatoms. The quantitative estimate of drug-likeness (QED) is 0.443. The Morgan fingerprint density at radius 2 is 1.87 bits per heavy atom. The van der Waals surface area contributed by atoms with Crippen molar-refractivity contribution in [2.45, 2.75) is 12.6 Å². The molecule has 0 spiro atoms. The van der Waals surface area contributed by atoms with Gasteiger partial charge in [-0.15, -0.1) is 0 Å². The molecule has 0 aromatic heterocycles. The fourth-order valence-electron chi connectivity index (χ4n) is 1.81. The van der Waals surface area contributed by atoms with Gasteiger partial charge in [0.2, 0.25) is 5.91 Å². The number of hydrazone groups is 1. The van der Waals surface area contributed by atoms with Crippen LogP contribution in [0.2, 0.25) is 0 Å². The minimum atomic E-state index is -4.42. The first-order valence-electron chi connectivity index (χ1n) is 6.58. The predicted octanol–water partition coefficient (Wildman–Crippen LogP) is 4.00. The fourth-order valence-corrected chi connectivity index (χ4v) is 2.17. The summed E-state index contributed by atoms with van der Waals surface area (Å²) < 4.78 is 38.9. The van der Waals surface area contributed by atoms with Crippen LogP contribution in [0.25, 0.3) is 0 Å². The Morgan fingerprint density at radius 1 is 1.17 bits per heavy atom. The predicted molar refractivity (Wildman–Crippen MR) is 90.0 cm³/mol. The average molecular weight is 432 g/mol. The lowest BCUT2D eigenvalue weighted by Gasteiger charge is -2.08. The summed E-state index contributed by atoms with van der Waals surface area (Å²) in [5, 5.41) is 3.79. The van der Waals surface area contributed by atoms with Crippen molar-refractivity contribution in [1.82, 2.24) is 5.43 Å². The maximum Gasteiger partial charge on any atom is 0.416 e. The van der Waals surface area contributed by atoms with E-state index in [1.807, 2.05) is 24.3 Å². The number of nitrogens with one attached hydrogen (secondary N) is 1. The molecule has 0 unspecified atom stereocenters. The largest absolute Gasteiger partial charge is 0.416 e. The third kappa shape index (κ3) is 5.66. The van der Waals surface area contributed by atoms with Crippen LogP contribution in [0.1, 0.15) is 16.7 Å². The van der Waals surface area contributed by atoms with E-state index in [1.54, 1.807) is 0 Å². The summed E-state index contributed by atoms with van der Waals surface area (Å²) in [4.78, 5) is 11.7. The van der Waals surface area contributed by atoms with E-state index in [1.165, 1.54) is 18.3 Å². The van der Waals surface area contributed by atoms with Gasteiger partial charge >= 0.3 is 6.18 Å². The number of amides is 1. The normalized spacial score (nSPS) is 11.7. The summed E-state index contributed by atoms with van der Waals surface area (Å²) in [5.41, 5.74) is 2.62. The number of carbonyl (C=O) groups is 1. The van der Waals surface area contributed by atoms with E-state index in [0.29, 0.717) is 0 Å². The molecule has 0 aliphatic carbocycles. The summed E-state index contributed by atoms with van der Waals surface area (Å²) in [6, 6.07) is 12.1. The molecule has 0 radical (unpaired) electrons. The molecule has 1 amide bonds. The standard InChI is InChI=1S/C16H12F3IN2O/c17-16(18,19)13-3-1-2-12(8-13)9-15(23)22-21-10-11-4-6-14(20)7-5-11/h1-8,10H,9H2,(H,22,23). The Morgan fingerprint density at radius 3 is 2.52 bits per heavy atom. The number of rotatable bonds is 4. The highest BCUT2D eigenvalue weighted by molar-refractivity contribution is 14.1. The van der Waals surface area contributed by atoms with Crippen molar-refractivity contribution < 1.29 is 18.0 Å². The maximum absolute atomic E-state index is 12.6. The van der Waals surface area contributed by atoms with Crippen LogP contribution >= 0.6 is 22.6 Å². The molecule has 0 saturated heterocycles. The zero-order valence-electron chi connectivity index (χ0n) is 11.8. The van der Waals surface area contributed by atoms with Gasteiger partial charge in [-0.2, -0.15) is 18.3 Å². The van der Waals surface area contributed by atoms with Gasteiger partial charge in [0.25, 0.3) is 0 Å². The molecular formula is C16H12F3IN2O. The van der Waals surface area contributed by atoms with Crippen molar-refractivity contribution in [3.8, 4) is 0 Å². The molecule has 0 aliphatic heterocycles. The van der Waals surface area contributed by atoms with Gasteiger partial charge in [0.15, 0.2) is 0 Å². The van der Waals surface area contributed by atoms with Crippen LogP contribution in [0.4, 0.5) is 13.2 Å². The number of hydrogen-bond acceptors (Lipinski definition) is 2. The van der Waals surface area contributed by atoms with E-state index >= 15 is 0 Å². The lowest BCUT2D eigenvalue weighted by Crippen LogP contribution is -2.20. The Labute approximate surface area is 144 Å². The first kappa shape index (κ1) is 17.5. The highest BCUT2D eigenvalue weighted by Crippen LogP contribution is 2.29. The molecular weight excluding hydrogens is 420 g/mol. The number of alkyl halides is 3. The smallest absolute Gasteiger partial charge is 0.273 e. The van der Waals surface area contributed by atoms with E-state index in [4.69, 9.17) is 0 Å². The number of carbonyl (C=O) groups excluding carboxylic acids is 1.